The van der Waals surface area contributed by atoms with E-state index >= 15 is 0 Å². The molecule has 0 amide bonds. The van der Waals surface area contributed by atoms with Crippen LogP contribution in [-0.4, -0.2) is 6.29 Å². The van der Waals surface area contributed by atoms with Crippen LogP contribution in [0.1, 0.15) is 25.0 Å². The van der Waals surface area contributed by atoms with Gasteiger partial charge >= 0.3 is 0 Å². The number of benzene rings is 2. The van der Waals surface area contributed by atoms with Crippen molar-refractivity contribution in [2.45, 2.75) is 26.7 Å². The molecule has 2 heteroatoms. The van der Waals surface area contributed by atoms with E-state index in [4.69, 9.17) is 9.47 Å². The van der Waals surface area contributed by atoms with Crippen LogP contribution in [0.3, 0.4) is 0 Å². The second kappa shape index (κ2) is 7.65. The molecule has 0 heterocycles. The molecule has 0 spiro atoms. The van der Waals surface area contributed by atoms with E-state index in [1.807, 2.05) is 48.5 Å². The van der Waals surface area contributed by atoms with Crippen LogP contribution in [0.25, 0.3) is 6.08 Å². The van der Waals surface area contributed by atoms with Crippen molar-refractivity contribution in [1.82, 2.24) is 0 Å². The third-order valence-electron chi connectivity index (χ3n) is 3.17. The monoisotopic (exact) mass is 282 g/mol. The van der Waals surface area contributed by atoms with Crippen LogP contribution in [-0.2, 0) is 11.3 Å². The fourth-order valence-corrected chi connectivity index (χ4v) is 1.93. The lowest BCUT2D eigenvalue weighted by Crippen LogP contribution is -2.26. The Morgan fingerprint density at radius 1 is 1.00 bits per heavy atom. The predicted molar refractivity (Wildman–Crippen MR) is 87.0 cm³/mol. The molecule has 2 rings (SSSR count). The van der Waals surface area contributed by atoms with Gasteiger partial charge in [-0.25, -0.2) is 0 Å². The second-order valence-corrected chi connectivity index (χ2v) is 5.30. The van der Waals surface area contributed by atoms with Gasteiger partial charge in [-0.1, -0.05) is 69.0 Å². The number of hydrogen-bond donors (Lipinski definition) is 0. The summed E-state index contributed by atoms with van der Waals surface area (Å²) in [6.45, 7) is 8.48. The van der Waals surface area contributed by atoms with Crippen molar-refractivity contribution in [2.24, 2.45) is 5.92 Å². The van der Waals surface area contributed by atoms with Gasteiger partial charge in [0.1, 0.15) is 5.75 Å². The summed E-state index contributed by atoms with van der Waals surface area (Å²) in [7, 11) is 0. The van der Waals surface area contributed by atoms with Gasteiger partial charge in [-0.2, -0.15) is 0 Å². The zero-order chi connectivity index (χ0) is 15.1. The highest BCUT2D eigenvalue weighted by Crippen LogP contribution is 2.19. The maximum Gasteiger partial charge on any atom is 0.202 e. The SMILES string of the molecule is C=Cc1ccc(OC(OCc2ccccc2)C(C)C)cc1. The van der Waals surface area contributed by atoms with Gasteiger partial charge in [0.25, 0.3) is 0 Å². The lowest BCUT2D eigenvalue weighted by atomic mass is 10.2. The summed E-state index contributed by atoms with van der Waals surface area (Å²) in [4.78, 5) is 0. The van der Waals surface area contributed by atoms with E-state index in [1.165, 1.54) is 0 Å². The molecule has 21 heavy (non-hydrogen) atoms. The van der Waals surface area contributed by atoms with E-state index in [0.717, 1.165) is 16.9 Å². The lowest BCUT2D eigenvalue weighted by Gasteiger charge is -2.23. The van der Waals surface area contributed by atoms with Crippen molar-refractivity contribution in [2.75, 3.05) is 0 Å². The van der Waals surface area contributed by atoms with Crippen LogP contribution in [0.5, 0.6) is 5.75 Å². The first-order valence-corrected chi connectivity index (χ1v) is 7.23. The highest BCUT2D eigenvalue weighted by Gasteiger charge is 2.15. The van der Waals surface area contributed by atoms with Crippen LogP contribution in [0.4, 0.5) is 0 Å². The molecule has 0 aromatic heterocycles. The Morgan fingerprint density at radius 3 is 2.24 bits per heavy atom. The van der Waals surface area contributed by atoms with Gasteiger partial charge in [-0.3, -0.25) is 0 Å². The molecule has 0 radical (unpaired) electrons. The molecular weight excluding hydrogens is 260 g/mol. The van der Waals surface area contributed by atoms with Crippen molar-refractivity contribution >= 4 is 6.08 Å². The third-order valence-corrected chi connectivity index (χ3v) is 3.17. The first kappa shape index (κ1) is 15.3. The smallest absolute Gasteiger partial charge is 0.202 e. The summed E-state index contributed by atoms with van der Waals surface area (Å²) in [6.07, 6.45) is 1.55. The fourth-order valence-electron chi connectivity index (χ4n) is 1.93. The number of hydrogen-bond acceptors (Lipinski definition) is 2. The van der Waals surface area contributed by atoms with Crippen LogP contribution in [0.2, 0.25) is 0 Å². The first-order chi connectivity index (χ1) is 10.2. The highest BCUT2D eigenvalue weighted by molar-refractivity contribution is 5.48. The van der Waals surface area contributed by atoms with Gasteiger partial charge in [0.2, 0.25) is 6.29 Å². The zero-order valence-corrected chi connectivity index (χ0v) is 12.7. The Morgan fingerprint density at radius 2 is 1.67 bits per heavy atom. The molecule has 0 N–H and O–H groups in total. The Kier molecular flexibility index (Phi) is 5.59. The second-order valence-electron chi connectivity index (χ2n) is 5.30. The molecule has 0 fully saturated rings. The number of rotatable bonds is 7. The molecule has 0 saturated carbocycles. The largest absolute Gasteiger partial charge is 0.465 e. The van der Waals surface area contributed by atoms with Crippen molar-refractivity contribution in [3.8, 4) is 5.75 Å². The normalized spacial score (nSPS) is 12.1. The van der Waals surface area contributed by atoms with E-state index in [-0.39, 0.29) is 12.2 Å². The minimum Gasteiger partial charge on any atom is -0.465 e. The van der Waals surface area contributed by atoms with E-state index in [2.05, 4.69) is 32.6 Å². The van der Waals surface area contributed by atoms with Crippen molar-refractivity contribution in [3.63, 3.8) is 0 Å². The standard InChI is InChI=1S/C19H22O2/c1-4-16-10-12-18(13-11-16)21-19(15(2)3)20-14-17-8-6-5-7-9-17/h4-13,15,19H,1,14H2,2-3H3. The van der Waals surface area contributed by atoms with Crippen molar-refractivity contribution < 1.29 is 9.47 Å². The predicted octanol–water partition coefficient (Wildman–Crippen LogP) is 4.91. The summed E-state index contributed by atoms with van der Waals surface area (Å²) >= 11 is 0. The van der Waals surface area contributed by atoms with Crippen LogP contribution in [0, 0.1) is 5.92 Å². The van der Waals surface area contributed by atoms with Crippen LogP contribution in [0.15, 0.2) is 61.2 Å². The Labute approximate surface area is 127 Å². The van der Waals surface area contributed by atoms with E-state index < -0.39 is 0 Å². The topological polar surface area (TPSA) is 18.5 Å². The molecule has 2 aromatic rings. The van der Waals surface area contributed by atoms with E-state index in [0.29, 0.717) is 6.61 Å². The van der Waals surface area contributed by atoms with Crippen LogP contribution >= 0.6 is 0 Å². The molecule has 0 saturated heterocycles. The molecule has 1 atom stereocenters. The van der Waals surface area contributed by atoms with Gasteiger partial charge < -0.3 is 9.47 Å². The Hall–Kier alpha value is -2.06. The molecule has 0 bridgehead atoms. The Bertz CT molecular complexity index is 544. The molecule has 2 aromatic carbocycles. The van der Waals surface area contributed by atoms with Crippen LogP contribution < -0.4 is 4.74 Å². The third kappa shape index (κ3) is 4.76. The van der Waals surface area contributed by atoms with Gasteiger partial charge in [0, 0.05) is 5.92 Å². The Balaban J connectivity index is 1.96. The van der Waals surface area contributed by atoms with E-state index in [9.17, 15) is 0 Å². The molecule has 2 nitrogen and oxygen atoms in total. The van der Waals surface area contributed by atoms with Crippen molar-refractivity contribution in [3.05, 3.63) is 72.3 Å². The fraction of sp³-hybridized carbons (Fsp3) is 0.263. The summed E-state index contributed by atoms with van der Waals surface area (Å²) in [5, 5.41) is 0. The van der Waals surface area contributed by atoms with Gasteiger partial charge in [0.05, 0.1) is 6.61 Å². The van der Waals surface area contributed by atoms with Crippen molar-refractivity contribution in [1.29, 1.82) is 0 Å². The van der Waals surface area contributed by atoms with Gasteiger partial charge in [-0.05, 0) is 23.3 Å². The average molecular weight is 282 g/mol. The molecule has 0 aliphatic rings. The van der Waals surface area contributed by atoms with Gasteiger partial charge in [0.15, 0.2) is 0 Å². The molecular formula is C19H22O2. The minimum atomic E-state index is -0.264. The lowest BCUT2D eigenvalue weighted by molar-refractivity contribution is -0.116. The maximum atomic E-state index is 5.94. The van der Waals surface area contributed by atoms with Gasteiger partial charge in [-0.15, -0.1) is 0 Å². The highest BCUT2D eigenvalue weighted by atomic mass is 16.7. The first-order valence-electron chi connectivity index (χ1n) is 7.23. The zero-order valence-electron chi connectivity index (χ0n) is 12.7. The summed E-state index contributed by atoms with van der Waals surface area (Å²) in [6, 6.07) is 18.0. The molecule has 0 aliphatic heterocycles. The summed E-state index contributed by atoms with van der Waals surface area (Å²) in [5.41, 5.74) is 2.22. The molecule has 110 valence electrons. The molecule has 0 aliphatic carbocycles. The molecule has 1 unspecified atom stereocenters. The maximum absolute atomic E-state index is 5.94. The summed E-state index contributed by atoms with van der Waals surface area (Å²) in [5.74, 6) is 1.08. The quantitative estimate of drug-likeness (QED) is 0.672. The summed E-state index contributed by atoms with van der Waals surface area (Å²) < 4.78 is 11.8. The van der Waals surface area contributed by atoms with E-state index in [1.54, 1.807) is 0 Å². The minimum absolute atomic E-state index is 0.264. The average Bonchev–Trinajstić information content (AvgIpc) is 2.52. The number of ether oxygens (including phenoxy) is 2.